The molecule has 8 heteroatoms. The molecule has 1 aromatic carbocycles. The molecular formula is C19H21FN2O4S. The van der Waals surface area contributed by atoms with Crippen molar-refractivity contribution in [2.75, 3.05) is 26.7 Å². The number of amides is 2. The summed E-state index contributed by atoms with van der Waals surface area (Å²) in [6.07, 6.45) is 1.19. The van der Waals surface area contributed by atoms with E-state index in [2.05, 4.69) is 0 Å². The zero-order valence-electron chi connectivity index (χ0n) is 15.2. The molecule has 0 spiro atoms. The SMILES string of the molecule is Cc1c(C(=O)N(C)CC(=O)N2CCCC(C(=O)O)C2)sc2cccc(F)c12. The second kappa shape index (κ2) is 7.64. The van der Waals surface area contributed by atoms with Crippen molar-refractivity contribution in [2.45, 2.75) is 19.8 Å². The van der Waals surface area contributed by atoms with Gasteiger partial charge in [0.15, 0.2) is 0 Å². The average molecular weight is 392 g/mol. The number of carbonyl (C=O) groups is 3. The summed E-state index contributed by atoms with van der Waals surface area (Å²) < 4.78 is 14.7. The molecular weight excluding hydrogens is 371 g/mol. The Bertz CT molecular complexity index is 910. The molecule has 1 aliphatic rings. The highest BCUT2D eigenvalue weighted by Crippen LogP contribution is 2.33. The number of aryl methyl sites for hydroxylation is 1. The van der Waals surface area contributed by atoms with Crippen LogP contribution in [0.4, 0.5) is 4.39 Å². The molecule has 6 nitrogen and oxygen atoms in total. The number of benzene rings is 1. The average Bonchev–Trinajstić information content (AvgIpc) is 2.99. The zero-order chi connectivity index (χ0) is 19.7. The molecule has 2 amide bonds. The van der Waals surface area contributed by atoms with Crippen molar-refractivity contribution < 1.29 is 23.9 Å². The van der Waals surface area contributed by atoms with E-state index in [1.54, 1.807) is 19.1 Å². The normalized spacial score (nSPS) is 17.1. The molecule has 0 radical (unpaired) electrons. The van der Waals surface area contributed by atoms with Crippen molar-refractivity contribution in [3.05, 3.63) is 34.5 Å². The second-order valence-electron chi connectivity index (χ2n) is 6.85. The van der Waals surface area contributed by atoms with Crippen LogP contribution in [0.3, 0.4) is 0 Å². The van der Waals surface area contributed by atoms with E-state index in [-0.39, 0.29) is 30.7 Å². The fourth-order valence-corrected chi connectivity index (χ4v) is 4.63. The number of rotatable bonds is 4. The minimum absolute atomic E-state index is 0.138. The summed E-state index contributed by atoms with van der Waals surface area (Å²) in [6, 6.07) is 4.72. The highest BCUT2D eigenvalue weighted by atomic mass is 32.1. The summed E-state index contributed by atoms with van der Waals surface area (Å²) in [5.41, 5.74) is 0.571. The van der Waals surface area contributed by atoms with Crippen molar-refractivity contribution in [1.29, 1.82) is 0 Å². The first-order chi connectivity index (χ1) is 12.8. The van der Waals surface area contributed by atoms with E-state index in [1.165, 1.54) is 34.3 Å². The molecule has 1 aromatic heterocycles. The Labute approximate surface area is 160 Å². The van der Waals surface area contributed by atoms with Gasteiger partial charge in [0.25, 0.3) is 5.91 Å². The summed E-state index contributed by atoms with van der Waals surface area (Å²) in [4.78, 5) is 39.7. The standard InChI is InChI=1S/C19H21FN2O4S/c1-11-16-13(20)6-3-7-14(16)27-17(11)18(24)21(2)10-15(23)22-8-4-5-12(9-22)19(25)26/h3,6-7,12H,4-5,8-10H2,1-2H3,(H,25,26). The molecule has 1 N–H and O–H groups in total. The molecule has 1 unspecified atom stereocenters. The molecule has 1 fully saturated rings. The van der Waals surface area contributed by atoms with Gasteiger partial charge in [-0.05, 0) is 37.5 Å². The summed E-state index contributed by atoms with van der Waals surface area (Å²) in [6.45, 7) is 2.23. The first-order valence-corrected chi connectivity index (χ1v) is 9.55. The van der Waals surface area contributed by atoms with Gasteiger partial charge in [0, 0.05) is 30.2 Å². The molecule has 1 aliphatic heterocycles. The first-order valence-electron chi connectivity index (χ1n) is 8.73. The Morgan fingerprint density at radius 3 is 2.78 bits per heavy atom. The Hall–Kier alpha value is -2.48. The Morgan fingerprint density at radius 2 is 2.11 bits per heavy atom. The minimum Gasteiger partial charge on any atom is -0.481 e. The van der Waals surface area contributed by atoms with Gasteiger partial charge in [0.05, 0.1) is 17.3 Å². The molecule has 1 atom stereocenters. The predicted molar refractivity (Wildman–Crippen MR) is 100 cm³/mol. The summed E-state index contributed by atoms with van der Waals surface area (Å²) >= 11 is 1.21. The van der Waals surface area contributed by atoms with Gasteiger partial charge in [-0.3, -0.25) is 14.4 Å². The van der Waals surface area contributed by atoms with Crippen molar-refractivity contribution in [2.24, 2.45) is 5.92 Å². The molecule has 144 valence electrons. The molecule has 2 aromatic rings. The second-order valence-corrected chi connectivity index (χ2v) is 7.90. The molecule has 0 aliphatic carbocycles. The number of carboxylic acids is 1. The van der Waals surface area contributed by atoms with Crippen molar-refractivity contribution in [3.8, 4) is 0 Å². The van der Waals surface area contributed by atoms with Crippen LogP contribution in [0, 0.1) is 18.7 Å². The van der Waals surface area contributed by atoms with E-state index >= 15 is 0 Å². The van der Waals surface area contributed by atoms with Crippen molar-refractivity contribution in [1.82, 2.24) is 9.80 Å². The van der Waals surface area contributed by atoms with Crippen LogP contribution in [0.5, 0.6) is 0 Å². The van der Waals surface area contributed by atoms with Gasteiger partial charge in [-0.25, -0.2) is 4.39 Å². The van der Waals surface area contributed by atoms with Gasteiger partial charge in [0.1, 0.15) is 5.82 Å². The van der Waals surface area contributed by atoms with E-state index in [0.29, 0.717) is 39.9 Å². The van der Waals surface area contributed by atoms with Gasteiger partial charge < -0.3 is 14.9 Å². The number of thiophene rings is 1. The topological polar surface area (TPSA) is 77.9 Å². The fourth-order valence-electron chi connectivity index (χ4n) is 3.41. The third kappa shape index (κ3) is 3.80. The van der Waals surface area contributed by atoms with Gasteiger partial charge in [-0.1, -0.05) is 6.07 Å². The fraction of sp³-hybridized carbons (Fsp3) is 0.421. The minimum atomic E-state index is -0.903. The number of halogens is 1. The lowest BCUT2D eigenvalue weighted by atomic mass is 9.98. The van der Waals surface area contributed by atoms with E-state index in [4.69, 9.17) is 5.11 Å². The highest BCUT2D eigenvalue weighted by molar-refractivity contribution is 7.21. The van der Waals surface area contributed by atoms with E-state index < -0.39 is 11.9 Å². The maximum atomic E-state index is 14.1. The van der Waals surface area contributed by atoms with Crippen molar-refractivity contribution >= 4 is 39.2 Å². The maximum absolute atomic E-state index is 14.1. The Kier molecular flexibility index (Phi) is 5.46. The number of likely N-dealkylation sites (tertiary alicyclic amines) is 1. The van der Waals surface area contributed by atoms with Crippen LogP contribution < -0.4 is 0 Å². The van der Waals surface area contributed by atoms with Gasteiger partial charge in [-0.2, -0.15) is 0 Å². The number of aliphatic carboxylic acids is 1. The lowest BCUT2D eigenvalue weighted by molar-refractivity contribution is -0.145. The number of hydrogen-bond donors (Lipinski definition) is 1. The van der Waals surface area contributed by atoms with Gasteiger partial charge >= 0.3 is 5.97 Å². The largest absolute Gasteiger partial charge is 0.481 e. The Morgan fingerprint density at radius 1 is 1.37 bits per heavy atom. The number of carboxylic acid groups (broad SMARTS) is 1. The zero-order valence-corrected chi connectivity index (χ0v) is 16.0. The number of nitrogens with zero attached hydrogens (tertiary/aromatic N) is 2. The van der Waals surface area contributed by atoms with Gasteiger partial charge in [-0.15, -0.1) is 11.3 Å². The van der Waals surface area contributed by atoms with Crippen molar-refractivity contribution in [3.63, 3.8) is 0 Å². The smallest absolute Gasteiger partial charge is 0.308 e. The van der Waals surface area contributed by atoms with Crippen LogP contribution in [0.15, 0.2) is 18.2 Å². The summed E-state index contributed by atoms with van der Waals surface area (Å²) in [7, 11) is 1.53. The number of piperidine rings is 1. The van der Waals surface area contributed by atoms with E-state index in [1.807, 2.05) is 0 Å². The molecule has 27 heavy (non-hydrogen) atoms. The molecule has 2 heterocycles. The highest BCUT2D eigenvalue weighted by Gasteiger charge is 2.29. The third-order valence-electron chi connectivity index (χ3n) is 4.94. The van der Waals surface area contributed by atoms with Crippen LogP contribution in [0.25, 0.3) is 10.1 Å². The number of fused-ring (bicyclic) bond motifs is 1. The maximum Gasteiger partial charge on any atom is 0.308 e. The summed E-state index contributed by atoms with van der Waals surface area (Å²) in [5, 5.41) is 9.58. The number of hydrogen-bond acceptors (Lipinski definition) is 4. The van der Waals surface area contributed by atoms with E-state index in [0.717, 1.165) is 0 Å². The van der Waals surface area contributed by atoms with Crippen LogP contribution in [0.2, 0.25) is 0 Å². The Balaban J connectivity index is 1.72. The molecule has 0 saturated carbocycles. The first kappa shape index (κ1) is 19.3. The quantitative estimate of drug-likeness (QED) is 0.868. The van der Waals surface area contributed by atoms with Gasteiger partial charge in [0.2, 0.25) is 5.91 Å². The van der Waals surface area contributed by atoms with Crippen LogP contribution in [-0.2, 0) is 9.59 Å². The molecule has 0 bridgehead atoms. The summed E-state index contributed by atoms with van der Waals surface area (Å²) in [5.74, 6) is -2.45. The number of carbonyl (C=O) groups excluding carboxylic acids is 2. The molecule has 1 saturated heterocycles. The van der Waals surface area contributed by atoms with Crippen LogP contribution in [0.1, 0.15) is 28.1 Å². The molecule has 3 rings (SSSR count). The van der Waals surface area contributed by atoms with Crippen LogP contribution >= 0.6 is 11.3 Å². The lowest BCUT2D eigenvalue weighted by Crippen LogP contribution is -2.46. The third-order valence-corrected chi connectivity index (χ3v) is 6.18. The van der Waals surface area contributed by atoms with Crippen LogP contribution in [-0.4, -0.2) is 59.4 Å². The van der Waals surface area contributed by atoms with E-state index in [9.17, 15) is 18.8 Å². The monoisotopic (exact) mass is 392 g/mol. The number of likely N-dealkylation sites (N-methyl/N-ethyl adjacent to an activating group) is 1. The lowest BCUT2D eigenvalue weighted by Gasteiger charge is -2.32. The predicted octanol–water partition coefficient (Wildman–Crippen LogP) is 2.74.